The molecule has 0 aliphatic heterocycles. The van der Waals surface area contributed by atoms with Crippen LogP contribution in [0, 0.1) is 0 Å². The lowest BCUT2D eigenvalue weighted by molar-refractivity contribution is 0.0916. The van der Waals surface area contributed by atoms with Crippen LogP contribution in [0.2, 0.25) is 0 Å². The minimum atomic E-state index is -1.07. The van der Waals surface area contributed by atoms with Gasteiger partial charge in [0.25, 0.3) is 0 Å². The number of hydrogen-bond donors (Lipinski definition) is 2. The molecule has 3 aromatic carbocycles. The highest BCUT2D eigenvalue weighted by Crippen LogP contribution is 2.40. The normalized spacial score (nSPS) is 20.0. The average Bonchev–Trinajstić information content (AvgIpc) is 2.54. The molecule has 0 saturated heterocycles. The van der Waals surface area contributed by atoms with Gasteiger partial charge in [-0.05, 0) is 34.0 Å². The predicted molar refractivity (Wildman–Crippen MR) is 91.4 cm³/mol. The van der Waals surface area contributed by atoms with Gasteiger partial charge in [0.05, 0.1) is 0 Å². The molecule has 1 aliphatic rings. The van der Waals surface area contributed by atoms with E-state index in [4.69, 9.17) is 5.73 Å². The van der Waals surface area contributed by atoms with Crippen molar-refractivity contribution in [2.75, 3.05) is 5.73 Å². The van der Waals surface area contributed by atoms with Crippen LogP contribution in [0.1, 0.15) is 16.7 Å². The summed E-state index contributed by atoms with van der Waals surface area (Å²) in [6, 6.07) is 20.1. The molecule has 108 valence electrons. The van der Waals surface area contributed by atoms with Gasteiger partial charge in [0.1, 0.15) is 5.60 Å². The van der Waals surface area contributed by atoms with E-state index in [-0.39, 0.29) is 0 Å². The first-order valence-corrected chi connectivity index (χ1v) is 7.45. The molecule has 2 nitrogen and oxygen atoms in total. The van der Waals surface area contributed by atoms with Gasteiger partial charge in [0, 0.05) is 17.7 Å². The molecule has 0 saturated carbocycles. The first-order chi connectivity index (χ1) is 10.7. The molecular formula is C20H17NO. The molecule has 0 fully saturated rings. The van der Waals surface area contributed by atoms with Crippen molar-refractivity contribution in [3.63, 3.8) is 0 Å². The topological polar surface area (TPSA) is 46.2 Å². The Morgan fingerprint density at radius 1 is 0.909 bits per heavy atom. The summed E-state index contributed by atoms with van der Waals surface area (Å²) >= 11 is 0. The Hall–Kier alpha value is -2.58. The minimum Gasteiger partial charge on any atom is -0.398 e. The van der Waals surface area contributed by atoms with Crippen molar-refractivity contribution < 1.29 is 5.11 Å². The average molecular weight is 287 g/mol. The fourth-order valence-corrected chi connectivity index (χ4v) is 3.38. The maximum absolute atomic E-state index is 11.3. The van der Waals surface area contributed by atoms with E-state index in [1.165, 1.54) is 0 Å². The molecule has 0 radical (unpaired) electrons. The number of nitrogen functional groups attached to an aromatic ring is 1. The zero-order valence-electron chi connectivity index (χ0n) is 12.2. The highest BCUT2D eigenvalue weighted by molar-refractivity contribution is 5.91. The number of rotatable bonds is 1. The van der Waals surface area contributed by atoms with Crippen LogP contribution in [0.3, 0.4) is 0 Å². The van der Waals surface area contributed by atoms with E-state index in [0.717, 1.165) is 27.5 Å². The Morgan fingerprint density at radius 2 is 1.68 bits per heavy atom. The summed E-state index contributed by atoms with van der Waals surface area (Å²) in [7, 11) is 0. The smallest absolute Gasteiger partial charge is 0.115 e. The molecule has 0 bridgehead atoms. The van der Waals surface area contributed by atoms with Gasteiger partial charge >= 0.3 is 0 Å². The van der Waals surface area contributed by atoms with Crippen LogP contribution in [0.5, 0.6) is 0 Å². The first-order valence-electron chi connectivity index (χ1n) is 7.45. The molecule has 3 N–H and O–H groups in total. The first kappa shape index (κ1) is 13.1. The predicted octanol–water partition coefficient (Wildman–Crippen LogP) is 3.88. The SMILES string of the molecule is Nc1ccc2ccccc2c1[C@]1(O)C=Cc2ccccc2C1. The summed E-state index contributed by atoms with van der Waals surface area (Å²) in [5.74, 6) is 0. The minimum absolute atomic E-state index is 0.540. The van der Waals surface area contributed by atoms with Crippen LogP contribution in [-0.2, 0) is 12.0 Å². The number of aliphatic hydroxyl groups is 1. The number of anilines is 1. The molecule has 4 rings (SSSR count). The van der Waals surface area contributed by atoms with Crippen molar-refractivity contribution in [3.8, 4) is 0 Å². The van der Waals surface area contributed by atoms with E-state index in [1.807, 2.05) is 60.7 Å². The van der Waals surface area contributed by atoms with Gasteiger partial charge in [-0.3, -0.25) is 0 Å². The van der Waals surface area contributed by atoms with E-state index in [2.05, 4.69) is 12.1 Å². The number of hydrogen-bond acceptors (Lipinski definition) is 2. The van der Waals surface area contributed by atoms with Crippen LogP contribution < -0.4 is 5.73 Å². The zero-order valence-corrected chi connectivity index (χ0v) is 12.2. The van der Waals surface area contributed by atoms with Gasteiger partial charge in [-0.2, -0.15) is 0 Å². The van der Waals surface area contributed by atoms with Crippen LogP contribution >= 0.6 is 0 Å². The molecule has 0 aromatic heterocycles. The standard InChI is InChI=1S/C20H17NO/c21-18-10-9-15-6-3-4-8-17(15)19(18)20(22)12-11-14-5-1-2-7-16(14)13-20/h1-12,22H,13,21H2/t20-/m0/s1. The molecule has 3 aromatic rings. The Labute approximate surface area is 129 Å². The lowest BCUT2D eigenvalue weighted by Crippen LogP contribution is -2.29. The fraction of sp³-hybridized carbons (Fsp3) is 0.100. The van der Waals surface area contributed by atoms with Gasteiger partial charge in [-0.1, -0.05) is 60.7 Å². The Bertz CT molecular complexity index is 897. The number of fused-ring (bicyclic) bond motifs is 2. The van der Waals surface area contributed by atoms with Crippen molar-refractivity contribution in [2.45, 2.75) is 12.0 Å². The third-order valence-electron chi connectivity index (χ3n) is 4.45. The quantitative estimate of drug-likeness (QED) is 0.667. The van der Waals surface area contributed by atoms with E-state index in [9.17, 15) is 5.11 Å². The van der Waals surface area contributed by atoms with E-state index >= 15 is 0 Å². The Morgan fingerprint density at radius 3 is 2.59 bits per heavy atom. The zero-order chi connectivity index (χ0) is 15.2. The van der Waals surface area contributed by atoms with E-state index in [0.29, 0.717) is 12.1 Å². The third kappa shape index (κ3) is 1.92. The second-order valence-corrected chi connectivity index (χ2v) is 5.88. The Balaban J connectivity index is 1.95. The number of nitrogens with two attached hydrogens (primary N) is 1. The third-order valence-corrected chi connectivity index (χ3v) is 4.45. The van der Waals surface area contributed by atoms with Crippen LogP contribution in [-0.4, -0.2) is 5.11 Å². The fourth-order valence-electron chi connectivity index (χ4n) is 3.38. The van der Waals surface area contributed by atoms with Crippen molar-refractivity contribution in [1.29, 1.82) is 0 Å². The van der Waals surface area contributed by atoms with Gasteiger partial charge < -0.3 is 10.8 Å². The molecule has 0 amide bonds. The highest BCUT2D eigenvalue weighted by atomic mass is 16.3. The maximum atomic E-state index is 11.3. The Kier molecular flexibility index (Phi) is 2.81. The lowest BCUT2D eigenvalue weighted by Gasteiger charge is -2.31. The summed E-state index contributed by atoms with van der Waals surface area (Å²) in [5, 5.41) is 13.4. The van der Waals surface area contributed by atoms with E-state index < -0.39 is 5.60 Å². The van der Waals surface area contributed by atoms with Gasteiger partial charge in [0.15, 0.2) is 0 Å². The molecule has 0 spiro atoms. The second-order valence-electron chi connectivity index (χ2n) is 5.88. The van der Waals surface area contributed by atoms with Crippen LogP contribution in [0.15, 0.2) is 66.7 Å². The summed E-state index contributed by atoms with van der Waals surface area (Å²) in [5.41, 5.74) is 8.89. The maximum Gasteiger partial charge on any atom is 0.115 e. The van der Waals surface area contributed by atoms with Crippen molar-refractivity contribution in [3.05, 3.63) is 83.4 Å². The van der Waals surface area contributed by atoms with Crippen molar-refractivity contribution >= 4 is 22.5 Å². The van der Waals surface area contributed by atoms with Gasteiger partial charge in [-0.15, -0.1) is 0 Å². The van der Waals surface area contributed by atoms with Crippen molar-refractivity contribution in [1.82, 2.24) is 0 Å². The highest BCUT2D eigenvalue weighted by Gasteiger charge is 2.33. The monoisotopic (exact) mass is 287 g/mol. The van der Waals surface area contributed by atoms with Gasteiger partial charge in [-0.25, -0.2) is 0 Å². The molecular weight excluding hydrogens is 270 g/mol. The molecule has 2 heteroatoms. The molecule has 1 aliphatic carbocycles. The van der Waals surface area contributed by atoms with Crippen LogP contribution in [0.25, 0.3) is 16.8 Å². The second kappa shape index (κ2) is 4.72. The largest absolute Gasteiger partial charge is 0.398 e. The summed E-state index contributed by atoms with van der Waals surface area (Å²) in [4.78, 5) is 0. The lowest BCUT2D eigenvalue weighted by atomic mass is 9.79. The molecule has 1 atom stereocenters. The van der Waals surface area contributed by atoms with Crippen LogP contribution in [0.4, 0.5) is 5.69 Å². The number of benzene rings is 3. The molecule has 0 heterocycles. The van der Waals surface area contributed by atoms with E-state index in [1.54, 1.807) is 0 Å². The molecule has 22 heavy (non-hydrogen) atoms. The van der Waals surface area contributed by atoms with Crippen molar-refractivity contribution in [2.24, 2.45) is 0 Å². The summed E-state index contributed by atoms with van der Waals surface area (Å²) in [6.45, 7) is 0. The molecule has 0 unspecified atom stereocenters. The summed E-state index contributed by atoms with van der Waals surface area (Å²) < 4.78 is 0. The summed E-state index contributed by atoms with van der Waals surface area (Å²) in [6.07, 6.45) is 4.39. The van der Waals surface area contributed by atoms with Gasteiger partial charge in [0.2, 0.25) is 0 Å².